The summed E-state index contributed by atoms with van der Waals surface area (Å²) in [7, 11) is 1.57. The van der Waals surface area contributed by atoms with Crippen molar-refractivity contribution in [3.05, 3.63) is 0 Å². The molecule has 0 aromatic carbocycles. The number of carbonyl (C=O) groups is 1. The molecule has 1 unspecified atom stereocenters. The highest BCUT2D eigenvalue weighted by Gasteiger charge is 2.10. The Morgan fingerprint density at radius 2 is 2.36 bits per heavy atom. The number of nitrogens with one attached hydrogen (secondary N) is 1. The Bertz CT molecular complexity index is 147. The van der Waals surface area contributed by atoms with E-state index in [1.54, 1.807) is 7.11 Å². The number of aliphatic hydroxyl groups excluding tert-OH is 1. The highest BCUT2D eigenvalue weighted by Crippen LogP contribution is 1.94. The van der Waals surface area contributed by atoms with Gasteiger partial charge in [-0.3, -0.25) is 4.79 Å². The summed E-state index contributed by atoms with van der Waals surface area (Å²) in [4.78, 5) is 11.3. The Labute approximate surface area is 84.6 Å². The zero-order chi connectivity index (χ0) is 10.8. The van der Waals surface area contributed by atoms with Crippen LogP contribution in [0, 0.1) is 0 Å². The van der Waals surface area contributed by atoms with Gasteiger partial charge in [-0.05, 0) is 19.4 Å². The molecule has 5 nitrogen and oxygen atoms in total. The number of aliphatic hydroxyl groups is 1. The van der Waals surface area contributed by atoms with Crippen molar-refractivity contribution in [1.29, 1.82) is 0 Å². The molecular formula is C9H20N2O3. The van der Waals surface area contributed by atoms with E-state index in [1.807, 2.05) is 0 Å². The highest BCUT2D eigenvalue weighted by atomic mass is 16.5. The molecule has 0 aliphatic carbocycles. The molecule has 1 atom stereocenters. The molecule has 1 amide bonds. The fraction of sp³-hybridized carbons (Fsp3) is 0.889. The Morgan fingerprint density at radius 1 is 1.64 bits per heavy atom. The largest absolute Gasteiger partial charge is 0.396 e. The molecule has 0 aromatic heterocycles. The lowest BCUT2D eigenvalue weighted by atomic mass is 10.2. The predicted octanol–water partition coefficient (Wildman–Crippen LogP) is -0.761. The molecule has 0 heterocycles. The first-order valence-corrected chi connectivity index (χ1v) is 4.83. The molecule has 0 bridgehead atoms. The Kier molecular flexibility index (Phi) is 8.51. The minimum atomic E-state index is -0.102. The van der Waals surface area contributed by atoms with Gasteiger partial charge in [-0.25, -0.2) is 0 Å². The fourth-order valence-corrected chi connectivity index (χ4v) is 1.12. The van der Waals surface area contributed by atoms with Crippen LogP contribution in [0.1, 0.15) is 19.3 Å². The normalized spacial score (nSPS) is 12.5. The van der Waals surface area contributed by atoms with Gasteiger partial charge in [0.05, 0.1) is 12.6 Å². The van der Waals surface area contributed by atoms with E-state index >= 15 is 0 Å². The molecule has 5 heteroatoms. The van der Waals surface area contributed by atoms with E-state index in [1.165, 1.54) is 0 Å². The van der Waals surface area contributed by atoms with Crippen LogP contribution in [-0.2, 0) is 9.53 Å². The van der Waals surface area contributed by atoms with Crippen molar-refractivity contribution in [2.75, 3.05) is 26.9 Å². The molecule has 0 spiro atoms. The monoisotopic (exact) mass is 204 g/mol. The summed E-state index contributed by atoms with van der Waals surface area (Å²) >= 11 is 0. The van der Waals surface area contributed by atoms with E-state index in [-0.39, 0.29) is 18.6 Å². The van der Waals surface area contributed by atoms with Gasteiger partial charge in [-0.2, -0.15) is 0 Å². The third-order valence-electron chi connectivity index (χ3n) is 1.82. The summed E-state index contributed by atoms with van der Waals surface area (Å²) < 4.78 is 4.91. The fourth-order valence-electron chi connectivity index (χ4n) is 1.12. The van der Waals surface area contributed by atoms with Gasteiger partial charge in [0.2, 0.25) is 5.91 Å². The number of hydrogen-bond acceptors (Lipinski definition) is 4. The van der Waals surface area contributed by atoms with Crippen LogP contribution in [0.2, 0.25) is 0 Å². The molecule has 0 rings (SSSR count). The lowest BCUT2D eigenvalue weighted by molar-refractivity contribution is -0.122. The molecule has 4 N–H and O–H groups in total. The molecule has 0 saturated carbocycles. The minimum Gasteiger partial charge on any atom is -0.396 e. The van der Waals surface area contributed by atoms with E-state index in [9.17, 15) is 4.79 Å². The van der Waals surface area contributed by atoms with Crippen molar-refractivity contribution < 1.29 is 14.6 Å². The summed E-state index contributed by atoms with van der Waals surface area (Å²) in [6, 6.07) is -0.102. The van der Waals surface area contributed by atoms with Gasteiger partial charge in [0.15, 0.2) is 0 Å². The minimum absolute atomic E-state index is 0.0362. The molecule has 0 aromatic rings. The van der Waals surface area contributed by atoms with Gasteiger partial charge in [0.1, 0.15) is 0 Å². The molecule has 0 aliphatic rings. The summed E-state index contributed by atoms with van der Waals surface area (Å²) in [5.41, 5.74) is 5.28. The summed E-state index contributed by atoms with van der Waals surface area (Å²) in [5.74, 6) is -0.0362. The molecule has 14 heavy (non-hydrogen) atoms. The predicted molar refractivity (Wildman–Crippen MR) is 53.8 cm³/mol. The van der Waals surface area contributed by atoms with Crippen LogP contribution in [0.5, 0.6) is 0 Å². The number of carbonyl (C=O) groups excluding carboxylic acids is 1. The second kappa shape index (κ2) is 8.93. The average molecular weight is 204 g/mol. The zero-order valence-corrected chi connectivity index (χ0v) is 8.66. The van der Waals surface area contributed by atoms with Gasteiger partial charge in [0, 0.05) is 20.1 Å². The van der Waals surface area contributed by atoms with Crippen molar-refractivity contribution in [3.63, 3.8) is 0 Å². The summed E-state index contributed by atoms with van der Waals surface area (Å²) in [5, 5.41) is 11.5. The first kappa shape index (κ1) is 13.4. The number of methoxy groups -OCH3 is 1. The van der Waals surface area contributed by atoms with Crippen LogP contribution in [-0.4, -0.2) is 43.9 Å². The van der Waals surface area contributed by atoms with E-state index in [2.05, 4.69) is 5.32 Å². The zero-order valence-electron chi connectivity index (χ0n) is 8.66. The highest BCUT2D eigenvalue weighted by molar-refractivity contribution is 5.76. The molecule has 0 aliphatic heterocycles. The first-order chi connectivity index (χ1) is 6.74. The van der Waals surface area contributed by atoms with E-state index in [0.717, 1.165) is 0 Å². The maximum Gasteiger partial charge on any atom is 0.220 e. The second-order valence-corrected chi connectivity index (χ2v) is 3.12. The van der Waals surface area contributed by atoms with Crippen LogP contribution in [0.25, 0.3) is 0 Å². The van der Waals surface area contributed by atoms with Gasteiger partial charge >= 0.3 is 0 Å². The maximum absolute atomic E-state index is 11.3. The Morgan fingerprint density at radius 3 is 2.86 bits per heavy atom. The quantitative estimate of drug-likeness (QED) is 0.485. The molecule has 0 fully saturated rings. The number of hydrogen-bond donors (Lipinski definition) is 3. The van der Waals surface area contributed by atoms with Crippen LogP contribution >= 0.6 is 0 Å². The number of nitrogens with two attached hydrogens (primary N) is 1. The molecule has 84 valence electrons. The lowest BCUT2D eigenvalue weighted by Crippen LogP contribution is -2.38. The average Bonchev–Trinajstić information content (AvgIpc) is 2.15. The van der Waals surface area contributed by atoms with E-state index in [4.69, 9.17) is 15.6 Å². The van der Waals surface area contributed by atoms with Crippen LogP contribution < -0.4 is 11.1 Å². The smallest absolute Gasteiger partial charge is 0.220 e. The van der Waals surface area contributed by atoms with Gasteiger partial charge in [-0.1, -0.05) is 0 Å². The maximum atomic E-state index is 11.3. The number of rotatable bonds is 8. The molecule has 0 radical (unpaired) electrons. The lowest BCUT2D eigenvalue weighted by Gasteiger charge is -2.16. The number of amides is 1. The standard InChI is InChI=1S/C9H20N2O3/c1-14-7-8(4-6-12)11-9(13)3-2-5-10/h8,12H,2-7,10H2,1H3,(H,11,13). The number of ether oxygens (including phenoxy) is 1. The van der Waals surface area contributed by atoms with Crippen molar-refractivity contribution >= 4 is 5.91 Å². The third kappa shape index (κ3) is 6.82. The van der Waals surface area contributed by atoms with Crippen LogP contribution in [0.3, 0.4) is 0 Å². The Balaban J connectivity index is 3.71. The van der Waals surface area contributed by atoms with Crippen LogP contribution in [0.4, 0.5) is 0 Å². The topological polar surface area (TPSA) is 84.6 Å². The molecule has 0 saturated heterocycles. The van der Waals surface area contributed by atoms with Crippen molar-refractivity contribution in [2.24, 2.45) is 5.73 Å². The van der Waals surface area contributed by atoms with Crippen LogP contribution in [0.15, 0.2) is 0 Å². The van der Waals surface area contributed by atoms with Crippen molar-refractivity contribution in [3.8, 4) is 0 Å². The van der Waals surface area contributed by atoms with E-state index in [0.29, 0.717) is 32.4 Å². The summed E-state index contributed by atoms with van der Waals surface area (Å²) in [6.45, 7) is 0.989. The van der Waals surface area contributed by atoms with E-state index < -0.39 is 0 Å². The van der Waals surface area contributed by atoms with Gasteiger partial charge < -0.3 is 20.9 Å². The summed E-state index contributed by atoms with van der Waals surface area (Å²) in [6.07, 6.45) is 1.63. The van der Waals surface area contributed by atoms with Gasteiger partial charge in [0.25, 0.3) is 0 Å². The van der Waals surface area contributed by atoms with Crippen molar-refractivity contribution in [2.45, 2.75) is 25.3 Å². The Hall–Kier alpha value is -0.650. The van der Waals surface area contributed by atoms with Gasteiger partial charge in [-0.15, -0.1) is 0 Å². The second-order valence-electron chi connectivity index (χ2n) is 3.12. The first-order valence-electron chi connectivity index (χ1n) is 4.83. The third-order valence-corrected chi connectivity index (χ3v) is 1.82. The SMILES string of the molecule is COCC(CCO)NC(=O)CCCN. The van der Waals surface area contributed by atoms with Crippen molar-refractivity contribution in [1.82, 2.24) is 5.32 Å². The molecular weight excluding hydrogens is 184 g/mol.